The van der Waals surface area contributed by atoms with Crippen molar-refractivity contribution >= 4 is 8.07 Å². The van der Waals surface area contributed by atoms with Crippen molar-refractivity contribution in [2.24, 2.45) is 53.3 Å². The fraction of sp³-hybridized carbons (Fsp3) is 1.00. The molecule has 4 fully saturated rings. The number of fused-ring (bicyclic) bond motifs is 9. The van der Waals surface area contributed by atoms with Gasteiger partial charge in [0.2, 0.25) is 0 Å². The zero-order chi connectivity index (χ0) is 13.5. The summed E-state index contributed by atoms with van der Waals surface area (Å²) < 4.78 is 0. The van der Waals surface area contributed by atoms with E-state index in [1.807, 2.05) is 0 Å². The second kappa shape index (κ2) is 3.90. The summed E-state index contributed by atoms with van der Waals surface area (Å²) in [5.41, 5.74) is 0. The van der Waals surface area contributed by atoms with Crippen LogP contribution in [0.1, 0.15) is 33.1 Å². The van der Waals surface area contributed by atoms with E-state index >= 15 is 0 Å². The molecule has 0 aliphatic heterocycles. The SMILES string of the molecule is CC1C(C)C2CC1C1C3CC(C[Si](C)(C)C)C(C3)C21. The summed E-state index contributed by atoms with van der Waals surface area (Å²) in [6, 6.07) is 1.62. The highest BCUT2D eigenvalue weighted by atomic mass is 28.3. The van der Waals surface area contributed by atoms with Gasteiger partial charge in [-0.15, -0.1) is 0 Å². The Morgan fingerprint density at radius 2 is 1.42 bits per heavy atom. The van der Waals surface area contributed by atoms with Crippen LogP contribution in [0.15, 0.2) is 0 Å². The van der Waals surface area contributed by atoms with Gasteiger partial charge < -0.3 is 0 Å². The predicted octanol–water partition coefficient (Wildman–Crippen LogP) is 5.13. The topological polar surface area (TPSA) is 0 Å². The van der Waals surface area contributed by atoms with Crippen LogP contribution in [0.3, 0.4) is 0 Å². The van der Waals surface area contributed by atoms with Gasteiger partial charge in [-0.05, 0) is 72.5 Å². The Balaban J connectivity index is 1.57. The van der Waals surface area contributed by atoms with Crippen LogP contribution in [0.5, 0.6) is 0 Å². The molecule has 4 aliphatic rings. The molecule has 4 aliphatic carbocycles. The molecule has 1 heteroatoms. The molecule has 0 heterocycles. The quantitative estimate of drug-likeness (QED) is 0.484. The summed E-state index contributed by atoms with van der Waals surface area (Å²) in [4.78, 5) is 0. The molecule has 0 aromatic rings. The Labute approximate surface area is 120 Å². The minimum Gasteiger partial charge on any atom is -0.0695 e. The van der Waals surface area contributed by atoms with Gasteiger partial charge in [-0.25, -0.2) is 0 Å². The molecular formula is C18H32Si. The van der Waals surface area contributed by atoms with Gasteiger partial charge in [-0.2, -0.15) is 0 Å². The third-order valence-corrected chi connectivity index (χ3v) is 9.61. The Morgan fingerprint density at radius 1 is 0.789 bits per heavy atom. The molecule has 0 amide bonds. The molecule has 0 aromatic carbocycles. The van der Waals surface area contributed by atoms with E-state index in [1.54, 1.807) is 25.3 Å². The summed E-state index contributed by atoms with van der Waals surface area (Å²) in [5.74, 6) is 10.2. The van der Waals surface area contributed by atoms with Crippen LogP contribution in [0.2, 0.25) is 25.7 Å². The first-order chi connectivity index (χ1) is 8.87. The van der Waals surface area contributed by atoms with Gasteiger partial charge in [0.05, 0.1) is 0 Å². The molecule has 0 spiro atoms. The van der Waals surface area contributed by atoms with Crippen molar-refractivity contribution in [3.05, 3.63) is 0 Å². The maximum Gasteiger partial charge on any atom is 0.0445 e. The summed E-state index contributed by atoms with van der Waals surface area (Å²) in [6.45, 7) is 12.9. The summed E-state index contributed by atoms with van der Waals surface area (Å²) in [6.07, 6.45) is 4.88. The van der Waals surface area contributed by atoms with Gasteiger partial charge in [0, 0.05) is 8.07 Å². The molecule has 4 saturated carbocycles. The fourth-order valence-electron chi connectivity index (χ4n) is 7.39. The first-order valence-corrected chi connectivity index (χ1v) is 12.6. The van der Waals surface area contributed by atoms with E-state index in [2.05, 4.69) is 33.5 Å². The van der Waals surface area contributed by atoms with Crippen molar-refractivity contribution in [1.29, 1.82) is 0 Å². The van der Waals surface area contributed by atoms with Crippen LogP contribution in [-0.2, 0) is 0 Å². The number of rotatable bonds is 2. The third-order valence-electron chi connectivity index (χ3n) is 7.86. The lowest BCUT2D eigenvalue weighted by Crippen LogP contribution is -2.40. The third kappa shape index (κ3) is 1.69. The highest BCUT2D eigenvalue weighted by molar-refractivity contribution is 6.76. The Kier molecular flexibility index (Phi) is 2.65. The van der Waals surface area contributed by atoms with Crippen LogP contribution in [0.4, 0.5) is 0 Å². The van der Waals surface area contributed by atoms with Crippen LogP contribution in [-0.4, -0.2) is 8.07 Å². The van der Waals surface area contributed by atoms with Crippen molar-refractivity contribution in [3.8, 4) is 0 Å². The Morgan fingerprint density at radius 3 is 2.05 bits per heavy atom. The van der Waals surface area contributed by atoms with Crippen molar-refractivity contribution in [3.63, 3.8) is 0 Å². The zero-order valence-electron chi connectivity index (χ0n) is 13.5. The highest BCUT2D eigenvalue weighted by Gasteiger charge is 2.65. The van der Waals surface area contributed by atoms with Gasteiger partial charge in [-0.3, -0.25) is 0 Å². The lowest BCUT2D eigenvalue weighted by Gasteiger charge is -2.44. The van der Waals surface area contributed by atoms with Gasteiger partial charge in [-0.1, -0.05) is 39.5 Å². The van der Waals surface area contributed by atoms with E-state index in [1.165, 1.54) is 11.8 Å². The predicted molar refractivity (Wildman–Crippen MR) is 84.8 cm³/mol. The van der Waals surface area contributed by atoms with E-state index in [9.17, 15) is 0 Å². The summed E-state index contributed by atoms with van der Waals surface area (Å²) >= 11 is 0. The molecule has 4 bridgehead atoms. The van der Waals surface area contributed by atoms with Crippen molar-refractivity contribution in [2.75, 3.05) is 0 Å². The van der Waals surface area contributed by atoms with Gasteiger partial charge in [0.1, 0.15) is 0 Å². The van der Waals surface area contributed by atoms with Crippen molar-refractivity contribution in [1.82, 2.24) is 0 Å². The van der Waals surface area contributed by atoms with Gasteiger partial charge >= 0.3 is 0 Å². The molecule has 9 unspecified atom stereocenters. The maximum atomic E-state index is 2.59. The lowest BCUT2D eigenvalue weighted by molar-refractivity contribution is 0.0505. The Bertz CT molecular complexity index is 382. The molecule has 0 saturated heterocycles. The number of hydrogen-bond donors (Lipinski definition) is 0. The van der Waals surface area contributed by atoms with Crippen molar-refractivity contribution in [2.45, 2.75) is 58.8 Å². The van der Waals surface area contributed by atoms with E-state index in [0.717, 1.165) is 41.4 Å². The average Bonchev–Trinajstić information content (AvgIpc) is 2.96. The zero-order valence-corrected chi connectivity index (χ0v) is 14.5. The second-order valence-corrected chi connectivity index (χ2v) is 15.4. The van der Waals surface area contributed by atoms with E-state index < -0.39 is 8.07 Å². The van der Waals surface area contributed by atoms with Crippen LogP contribution < -0.4 is 0 Å². The monoisotopic (exact) mass is 276 g/mol. The molecule has 0 nitrogen and oxygen atoms in total. The van der Waals surface area contributed by atoms with E-state index in [-0.39, 0.29) is 0 Å². The first kappa shape index (κ1) is 12.9. The molecule has 19 heavy (non-hydrogen) atoms. The van der Waals surface area contributed by atoms with E-state index in [0.29, 0.717) is 0 Å². The standard InChI is InChI=1S/C18H32Si/c1-10-11(2)15-8-14(10)17-12-6-13(9-19(3,4)5)16(7-12)18(15)17/h10-18H,6-9H2,1-5H3. The normalized spacial score (nSPS) is 58.9. The number of hydrogen-bond acceptors (Lipinski definition) is 0. The Hall–Kier alpha value is 0.217. The lowest BCUT2D eigenvalue weighted by atomic mass is 9.62. The van der Waals surface area contributed by atoms with Gasteiger partial charge in [0.15, 0.2) is 0 Å². The largest absolute Gasteiger partial charge is 0.0695 e. The molecule has 4 rings (SSSR count). The molecular weight excluding hydrogens is 244 g/mol. The van der Waals surface area contributed by atoms with Crippen LogP contribution >= 0.6 is 0 Å². The van der Waals surface area contributed by atoms with Crippen molar-refractivity contribution < 1.29 is 0 Å². The highest BCUT2D eigenvalue weighted by Crippen LogP contribution is 2.71. The minimum atomic E-state index is -0.855. The molecule has 108 valence electrons. The molecule has 0 aromatic heterocycles. The van der Waals surface area contributed by atoms with Crippen LogP contribution in [0.25, 0.3) is 0 Å². The van der Waals surface area contributed by atoms with Crippen LogP contribution in [0, 0.1) is 53.3 Å². The first-order valence-electron chi connectivity index (χ1n) is 8.87. The minimum absolute atomic E-state index is 0.855. The molecule has 0 radical (unpaired) electrons. The summed E-state index contributed by atoms with van der Waals surface area (Å²) in [5, 5.41) is 0. The van der Waals surface area contributed by atoms with Gasteiger partial charge in [0.25, 0.3) is 0 Å². The molecule has 9 atom stereocenters. The molecule has 0 N–H and O–H groups in total. The average molecular weight is 277 g/mol. The maximum absolute atomic E-state index is 2.59. The smallest absolute Gasteiger partial charge is 0.0445 e. The summed E-state index contributed by atoms with van der Waals surface area (Å²) in [7, 11) is -0.855. The van der Waals surface area contributed by atoms with E-state index in [4.69, 9.17) is 0 Å². The second-order valence-electron chi connectivity index (χ2n) is 9.86. The fourth-order valence-corrected chi connectivity index (χ4v) is 9.43.